The summed E-state index contributed by atoms with van der Waals surface area (Å²) >= 11 is 2.53. The second-order valence-electron chi connectivity index (χ2n) is 4.82. The Morgan fingerprint density at radius 3 is 2.85 bits per heavy atom. The fraction of sp³-hybridized carbons (Fsp3) is 0.900. The summed E-state index contributed by atoms with van der Waals surface area (Å²) in [6.07, 6.45) is 4.79. The minimum atomic E-state index is -0.0720. The van der Waals surface area contributed by atoms with E-state index >= 15 is 0 Å². The van der Waals surface area contributed by atoms with Gasteiger partial charge in [0.2, 0.25) is 5.91 Å². The standard InChI is InChI=1S/C10H16INO/c1-10-4-2-3-6(8(10)11)7(5-10)9(12)13/h6-8H,2-5H2,1H3,(H2,12,13)/t6-,7-,8+,10+/m1/s1. The Hall–Kier alpha value is 0.200. The highest BCUT2D eigenvalue weighted by molar-refractivity contribution is 14.1. The first kappa shape index (κ1) is 9.74. The summed E-state index contributed by atoms with van der Waals surface area (Å²) in [6, 6.07) is 0. The van der Waals surface area contributed by atoms with Gasteiger partial charge in [0, 0.05) is 9.84 Å². The highest BCUT2D eigenvalue weighted by atomic mass is 127. The van der Waals surface area contributed by atoms with Gasteiger partial charge in [-0.05, 0) is 30.6 Å². The van der Waals surface area contributed by atoms with Gasteiger partial charge in [0.15, 0.2) is 0 Å². The van der Waals surface area contributed by atoms with Crippen molar-refractivity contribution in [2.45, 2.75) is 36.5 Å². The van der Waals surface area contributed by atoms with Crippen molar-refractivity contribution in [2.24, 2.45) is 23.0 Å². The van der Waals surface area contributed by atoms with Crippen molar-refractivity contribution in [1.82, 2.24) is 0 Å². The van der Waals surface area contributed by atoms with E-state index in [1.807, 2.05) is 0 Å². The number of hydrogen-bond donors (Lipinski definition) is 1. The van der Waals surface area contributed by atoms with Crippen molar-refractivity contribution in [1.29, 1.82) is 0 Å². The van der Waals surface area contributed by atoms with Gasteiger partial charge in [-0.25, -0.2) is 0 Å². The highest BCUT2D eigenvalue weighted by Crippen LogP contribution is 2.57. The van der Waals surface area contributed by atoms with Crippen molar-refractivity contribution >= 4 is 28.5 Å². The number of carbonyl (C=O) groups is 1. The van der Waals surface area contributed by atoms with E-state index < -0.39 is 0 Å². The Balaban J connectivity index is 2.26. The molecule has 2 aliphatic rings. The van der Waals surface area contributed by atoms with E-state index in [0.717, 1.165) is 6.42 Å². The lowest BCUT2D eigenvalue weighted by Gasteiger charge is -2.34. The molecule has 2 bridgehead atoms. The van der Waals surface area contributed by atoms with Crippen LogP contribution in [0.4, 0.5) is 0 Å². The molecule has 0 unspecified atom stereocenters. The van der Waals surface area contributed by atoms with Crippen LogP contribution in [0.25, 0.3) is 0 Å². The second-order valence-corrected chi connectivity index (χ2v) is 6.17. The molecule has 4 atom stereocenters. The predicted octanol–water partition coefficient (Wildman–Crippen LogP) is 2.10. The lowest BCUT2D eigenvalue weighted by Crippen LogP contribution is -2.31. The van der Waals surface area contributed by atoms with Crippen LogP contribution in [0.2, 0.25) is 0 Å². The average molecular weight is 293 g/mol. The van der Waals surface area contributed by atoms with E-state index in [2.05, 4.69) is 29.5 Å². The normalized spacial score (nSPS) is 49.2. The molecule has 2 N–H and O–H groups in total. The number of hydrogen-bond acceptors (Lipinski definition) is 1. The van der Waals surface area contributed by atoms with Gasteiger partial charge in [0.05, 0.1) is 0 Å². The van der Waals surface area contributed by atoms with Gasteiger partial charge in [-0.3, -0.25) is 4.79 Å². The van der Waals surface area contributed by atoms with Crippen LogP contribution in [0, 0.1) is 17.3 Å². The maximum atomic E-state index is 11.3. The Kier molecular flexibility index (Phi) is 2.33. The summed E-state index contributed by atoms with van der Waals surface area (Å²) in [6.45, 7) is 2.32. The first-order valence-corrected chi connectivity index (χ1v) is 6.22. The highest BCUT2D eigenvalue weighted by Gasteiger charge is 2.53. The largest absolute Gasteiger partial charge is 0.369 e. The van der Waals surface area contributed by atoms with Crippen LogP contribution in [-0.4, -0.2) is 9.83 Å². The van der Waals surface area contributed by atoms with Gasteiger partial charge in [0.25, 0.3) is 0 Å². The van der Waals surface area contributed by atoms with Crippen LogP contribution in [0.5, 0.6) is 0 Å². The zero-order valence-corrected chi connectivity index (χ0v) is 10.1. The van der Waals surface area contributed by atoms with Gasteiger partial charge in [0.1, 0.15) is 0 Å². The smallest absolute Gasteiger partial charge is 0.220 e. The molecule has 0 spiro atoms. The topological polar surface area (TPSA) is 43.1 Å². The lowest BCUT2D eigenvalue weighted by atomic mass is 9.77. The maximum Gasteiger partial charge on any atom is 0.220 e. The van der Waals surface area contributed by atoms with Crippen molar-refractivity contribution in [3.63, 3.8) is 0 Å². The third-order valence-corrected chi connectivity index (χ3v) is 6.32. The lowest BCUT2D eigenvalue weighted by molar-refractivity contribution is -0.122. The number of halogens is 1. The fourth-order valence-corrected chi connectivity index (χ4v) is 4.55. The average Bonchev–Trinajstić information content (AvgIpc) is 2.25. The number of primary amides is 1. The molecule has 3 heteroatoms. The van der Waals surface area contributed by atoms with Crippen molar-refractivity contribution in [3.8, 4) is 0 Å². The van der Waals surface area contributed by atoms with Gasteiger partial charge in [-0.2, -0.15) is 0 Å². The van der Waals surface area contributed by atoms with Crippen LogP contribution in [0.1, 0.15) is 32.6 Å². The molecule has 0 heterocycles. The van der Waals surface area contributed by atoms with Crippen molar-refractivity contribution in [2.75, 3.05) is 0 Å². The molecule has 0 aromatic heterocycles. The Bertz CT molecular complexity index is 243. The number of carbonyl (C=O) groups excluding carboxylic acids is 1. The minimum absolute atomic E-state index is 0.0720. The number of alkyl halides is 1. The fourth-order valence-electron chi connectivity index (χ4n) is 3.13. The van der Waals surface area contributed by atoms with Crippen LogP contribution < -0.4 is 5.73 Å². The monoisotopic (exact) mass is 293 g/mol. The molecular formula is C10H16INO. The Morgan fingerprint density at radius 2 is 2.31 bits per heavy atom. The van der Waals surface area contributed by atoms with Gasteiger partial charge in [-0.15, -0.1) is 0 Å². The molecule has 0 aromatic carbocycles. The van der Waals surface area contributed by atoms with Crippen LogP contribution in [0.15, 0.2) is 0 Å². The van der Waals surface area contributed by atoms with E-state index in [1.54, 1.807) is 0 Å². The van der Waals surface area contributed by atoms with E-state index in [-0.39, 0.29) is 11.8 Å². The molecule has 2 saturated carbocycles. The molecule has 1 amide bonds. The second kappa shape index (κ2) is 3.11. The summed E-state index contributed by atoms with van der Waals surface area (Å²) in [5.74, 6) is 0.656. The van der Waals surface area contributed by atoms with E-state index in [0.29, 0.717) is 15.3 Å². The number of amides is 1. The zero-order valence-electron chi connectivity index (χ0n) is 7.92. The molecule has 74 valence electrons. The molecule has 0 radical (unpaired) electrons. The summed E-state index contributed by atoms with van der Waals surface area (Å²) in [5.41, 5.74) is 5.82. The van der Waals surface area contributed by atoms with E-state index in [9.17, 15) is 4.79 Å². The molecule has 0 aromatic rings. The molecule has 0 saturated heterocycles. The Morgan fingerprint density at radius 1 is 1.62 bits per heavy atom. The quantitative estimate of drug-likeness (QED) is 0.584. The van der Waals surface area contributed by atoms with Gasteiger partial charge >= 0.3 is 0 Å². The number of rotatable bonds is 1. The minimum Gasteiger partial charge on any atom is -0.369 e. The van der Waals surface area contributed by atoms with E-state index in [1.165, 1.54) is 19.3 Å². The molecule has 2 aliphatic carbocycles. The predicted molar refractivity (Wildman–Crippen MR) is 60.6 cm³/mol. The van der Waals surface area contributed by atoms with Crippen molar-refractivity contribution < 1.29 is 4.79 Å². The summed E-state index contributed by atoms with van der Waals surface area (Å²) < 4.78 is 0.663. The first-order chi connectivity index (χ1) is 6.04. The van der Waals surface area contributed by atoms with E-state index in [4.69, 9.17) is 5.73 Å². The molecular weight excluding hydrogens is 277 g/mol. The molecule has 13 heavy (non-hydrogen) atoms. The van der Waals surface area contributed by atoms with Crippen molar-refractivity contribution in [3.05, 3.63) is 0 Å². The molecule has 0 aliphatic heterocycles. The van der Waals surface area contributed by atoms with Crippen LogP contribution in [-0.2, 0) is 4.79 Å². The molecule has 2 rings (SSSR count). The molecule has 2 nitrogen and oxygen atoms in total. The number of nitrogens with two attached hydrogens (primary N) is 1. The van der Waals surface area contributed by atoms with Gasteiger partial charge in [-0.1, -0.05) is 35.9 Å². The summed E-state index contributed by atoms with van der Waals surface area (Å²) in [4.78, 5) is 11.3. The third-order valence-electron chi connectivity index (χ3n) is 3.90. The third kappa shape index (κ3) is 1.39. The Labute approximate surface area is 92.8 Å². The van der Waals surface area contributed by atoms with Gasteiger partial charge < -0.3 is 5.73 Å². The van der Waals surface area contributed by atoms with Crippen LogP contribution in [0.3, 0.4) is 0 Å². The molecule has 2 fully saturated rings. The first-order valence-electron chi connectivity index (χ1n) is 4.98. The number of fused-ring (bicyclic) bond motifs is 2. The SMILES string of the molecule is C[C@]12CCC[C@H]([C@H](C(N)=O)C1)[C@@H]2I. The zero-order chi connectivity index (χ0) is 9.64. The summed E-state index contributed by atoms with van der Waals surface area (Å²) in [7, 11) is 0. The summed E-state index contributed by atoms with van der Waals surface area (Å²) in [5, 5.41) is 0. The van der Waals surface area contributed by atoms with Crippen LogP contribution >= 0.6 is 22.6 Å². The maximum absolute atomic E-state index is 11.3.